The Bertz CT molecular complexity index is 170. The number of hydrogen-bond donors (Lipinski definition) is 3. The van der Waals surface area contributed by atoms with Crippen molar-refractivity contribution in [3.63, 3.8) is 0 Å². The Balaban J connectivity index is 0.000000461. The van der Waals surface area contributed by atoms with Crippen molar-refractivity contribution in [3.05, 3.63) is 18.2 Å². The summed E-state index contributed by atoms with van der Waals surface area (Å²) >= 11 is 12.4. The van der Waals surface area contributed by atoms with Crippen molar-refractivity contribution in [1.82, 2.24) is 0 Å². The predicted octanol–water partition coefficient (Wildman–Crippen LogP) is 3.58. The fourth-order valence-corrected chi connectivity index (χ4v) is 1.72. The molecular formula is C8H12S3. The van der Waals surface area contributed by atoms with E-state index < -0.39 is 0 Å². The summed E-state index contributed by atoms with van der Waals surface area (Å²) in [6, 6.07) is 5.60. The molecule has 0 N–H and O–H groups in total. The van der Waals surface area contributed by atoms with Gasteiger partial charge in [-0.05, 0) is 18.2 Å². The van der Waals surface area contributed by atoms with Crippen molar-refractivity contribution in [3.8, 4) is 0 Å². The van der Waals surface area contributed by atoms with Gasteiger partial charge >= 0.3 is 0 Å². The standard InChI is InChI=1S/C6H6S3.C2H6/c7-4-1-5(8)3-6(9)2-4;1-2/h1-3,7-9H;1-2H3. The monoisotopic (exact) mass is 204 g/mol. The zero-order valence-corrected chi connectivity index (χ0v) is 9.26. The molecule has 0 aliphatic carbocycles. The van der Waals surface area contributed by atoms with E-state index in [1.807, 2.05) is 32.0 Å². The maximum Gasteiger partial charge on any atom is 0.00620 e. The predicted molar refractivity (Wildman–Crippen MR) is 59.5 cm³/mol. The Morgan fingerprint density at radius 1 is 0.727 bits per heavy atom. The zero-order valence-electron chi connectivity index (χ0n) is 6.57. The Hall–Kier alpha value is 0.270. The topological polar surface area (TPSA) is 0 Å². The largest absolute Gasteiger partial charge is 0.143 e. The summed E-state index contributed by atoms with van der Waals surface area (Å²) in [5.41, 5.74) is 0. The molecule has 0 saturated carbocycles. The molecule has 3 heteroatoms. The Morgan fingerprint density at radius 2 is 0.909 bits per heavy atom. The molecule has 0 atom stereocenters. The van der Waals surface area contributed by atoms with Gasteiger partial charge in [0.1, 0.15) is 0 Å². The molecule has 11 heavy (non-hydrogen) atoms. The first-order chi connectivity index (χ1) is 5.18. The van der Waals surface area contributed by atoms with Gasteiger partial charge in [0.05, 0.1) is 0 Å². The van der Waals surface area contributed by atoms with E-state index >= 15 is 0 Å². The van der Waals surface area contributed by atoms with Gasteiger partial charge in [-0.2, -0.15) is 0 Å². The van der Waals surface area contributed by atoms with Gasteiger partial charge in [0.2, 0.25) is 0 Å². The lowest BCUT2D eigenvalue weighted by molar-refractivity contribution is 1.25. The van der Waals surface area contributed by atoms with Crippen molar-refractivity contribution in [1.29, 1.82) is 0 Å². The van der Waals surface area contributed by atoms with Gasteiger partial charge in [-0.15, -0.1) is 37.9 Å². The van der Waals surface area contributed by atoms with Gasteiger partial charge in [-0.3, -0.25) is 0 Å². The first kappa shape index (κ1) is 11.3. The smallest absolute Gasteiger partial charge is 0.00620 e. The van der Waals surface area contributed by atoms with Crippen LogP contribution in [0, 0.1) is 0 Å². The molecule has 1 aromatic rings. The van der Waals surface area contributed by atoms with Crippen LogP contribution in [0.4, 0.5) is 0 Å². The third-order valence-electron chi connectivity index (χ3n) is 0.887. The quantitative estimate of drug-likeness (QED) is 0.529. The maximum atomic E-state index is 4.13. The van der Waals surface area contributed by atoms with Gasteiger partial charge in [-0.1, -0.05) is 13.8 Å². The van der Waals surface area contributed by atoms with Gasteiger partial charge in [0, 0.05) is 14.7 Å². The molecule has 0 fully saturated rings. The van der Waals surface area contributed by atoms with E-state index in [0.29, 0.717) is 0 Å². The fourth-order valence-electron chi connectivity index (χ4n) is 0.580. The van der Waals surface area contributed by atoms with Crippen molar-refractivity contribution >= 4 is 37.9 Å². The second-order valence-electron chi connectivity index (χ2n) is 1.71. The van der Waals surface area contributed by atoms with Crippen molar-refractivity contribution in [2.75, 3.05) is 0 Å². The summed E-state index contributed by atoms with van der Waals surface area (Å²) in [7, 11) is 0. The average Bonchev–Trinajstić information content (AvgIpc) is 1.88. The fraction of sp³-hybridized carbons (Fsp3) is 0.250. The minimum Gasteiger partial charge on any atom is -0.143 e. The summed E-state index contributed by atoms with van der Waals surface area (Å²) in [4.78, 5) is 2.69. The van der Waals surface area contributed by atoms with Crippen LogP contribution in [0.1, 0.15) is 13.8 Å². The van der Waals surface area contributed by atoms with E-state index in [-0.39, 0.29) is 0 Å². The normalized spacial score (nSPS) is 8.45. The molecule has 0 heterocycles. The number of thiol groups is 3. The van der Waals surface area contributed by atoms with Crippen LogP contribution in [0.3, 0.4) is 0 Å². The van der Waals surface area contributed by atoms with Gasteiger partial charge < -0.3 is 0 Å². The Kier molecular flexibility index (Phi) is 6.01. The lowest BCUT2D eigenvalue weighted by Crippen LogP contribution is -1.68. The molecule has 0 aliphatic heterocycles. The van der Waals surface area contributed by atoms with Crippen LogP contribution in [-0.4, -0.2) is 0 Å². The summed E-state index contributed by atoms with van der Waals surface area (Å²) in [5, 5.41) is 0. The van der Waals surface area contributed by atoms with Crippen LogP contribution in [0.15, 0.2) is 32.9 Å². The highest BCUT2D eigenvalue weighted by Gasteiger charge is 1.89. The highest BCUT2D eigenvalue weighted by atomic mass is 32.1. The number of rotatable bonds is 0. The van der Waals surface area contributed by atoms with E-state index in [9.17, 15) is 0 Å². The molecule has 0 spiro atoms. The molecule has 0 radical (unpaired) electrons. The first-order valence-corrected chi connectivity index (χ1v) is 4.74. The van der Waals surface area contributed by atoms with Crippen molar-refractivity contribution in [2.45, 2.75) is 28.5 Å². The minimum atomic E-state index is 0.896. The zero-order chi connectivity index (χ0) is 8.85. The molecule has 0 unspecified atom stereocenters. The number of benzene rings is 1. The molecule has 1 aromatic carbocycles. The minimum absolute atomic E-state index is 0.896. The van der Waals surface area contributed by atoms with Crippen molar-refractivity contribution < 1.29 is 0 Å². The van der Waals surface area contributed by atoms with E-state index in [4.69, 9.17) is 0 Å². The maximum absolute atomic E-state index is 4.13. The van der Waals surface area contributed by atoms with E-state index in [1.54, 1.807) is 0 Å². The second-order valence-corrected chi connectivity index (χ2v) is 3.26. The molecule has 0 aliphatic rings. The van der Waals surface area contributed by atoms with Crippen molar-refractivity contribution in [2.24, 2.45) is 0 Å². The third-order valence-corrected chi connectivity index (χ3v) is 1.66. The molecule has 0 aromatic heterocycles. The summed E-state index contributed by atoms with van der Waals surface area (Å²) < 4.78 is 0. The Morgan fingerprint density at radius 3 is 1.09 bits per heavy atom. The lowest BCUT2D eigenvalue weighted by Gasteiger charge is -1.94. The molecule has 0 saturated heterocycles. The van der Waals surface area contributed by atoms with E-state index in [0.717, 1.165) is 14.7 Å². The van der Waals surface area contributed by atoms with Crippen LogP contribution >= 0.6 is 37.9 Å². The molecule has 0 nitrogen and oxygen atoms in total. The molecular weight excluding hydrogens is 192 g/mol. The number of hydrogen-bond acceptors (Lipinski definition) is 3. The first-order valence-electron chi connectivity index (χ1n) is 3.40. The van der Waals surface area contributed by atoms with Crippen LogP contribution < -0.4 is 0 Å². The summed E-state index contributed by atoms with van der Waals surface area (Å²) in [5.74, 6) is 0. The van der Waals surface area contributed by atoms with E-state index in [2.05, 4.69) is 37.9 Å². The van der Waals surface area contributed by atoms with Gasteiger partial charge in [0.15, 0.2) is 0 Å². The Labute approximate surface area is 84.6 Å². The SMILES string of the molecule is CC.Sc1cc(S)cc(S)c1. The summed E-state index contributed by atoms with van der Waals surface area (Å²) in [6.07, 6.45) is 0. The summed E-state index contributed by atoms with van der Waals surface area (Å²) in [6.45, 7) is 4.00. The van der Waals surface area contributed by atoms with Crippen LogP contribution in [0.5, 0.6) is 0 Å². The van der Waals surface area contributed by atoms with Gasteiger partial charge in [-0.25, -0.2) is 0 Å². The van der Waals surface area contributed by atoms with E-state index in [1.165, 1.54) is 0 Å². The highest BCUT2D eigenvalue weighted by molar-refractivity contribution is 7.81. The van der Waals surface area contributed by atoms with Crippen LogP contribution in [-0.2, 0) is 0 Å². The van der Waals surface area contributed by atoms with Crippen LogP contribution in [0.2, 0.25) is 0 Å². The molecule has 1 rings (SSSR count). The molecule has 0 amide bonds. The highest BCUT2D eigenvalue weighted by Crippen LogP contribution is 2.18. The molecule has 62 valence electrons. The molecule has 0 bridgehead atoms. The average molecular weight is 204 g/mol. The lowest BCUT2D eigenvalue weighted by atomic mass is 10.4. The van der Waals surface area contributed by atoms with Gasteiger partial charge in [0.25, 0.3) is 0 Å². The van der Waals surface area contributed by atoms with Crippen LogP contribution in [0.25, 0.3) is 0 Å². The second kappa shape index (κ2) is 5.86. The third kappa shape index (κ3) is 4.67.